The minimum absolute atomic E-state index is 0.387. The van der Waals surface area contributed by atoms with Crippen LogP contribution in [0.3, 0.4) is 0 Å². The zero-order valence-electron chi connectivity index (χ0n) is 5.79. The van der Waals surface area contributed by atoms with Crippen LogP contribution in [-0.4, -0.2) is 51.6 Å². The smallest absolute Gasteiger partial charge is 0.181 e. The molecule has 1 saturated heterocycles. The topological polar surface area (TPSA) is 90.2 Å². The van der Waals surface area contributed by atoms with Crippen LogP contribution in [0.5, 0.6) is 0 Å². The molecule has 1 heterocycles. The maximum Gasteiger partial charge on any atom is 0.181 e. The first kappa shape index (κ1) is 8.89. The highest BCUT2D eigenvalue weighted by Gasteiger charge is 2.34. The molecule has 0 aromatic rings. The molecule has 5 heteroatoms. The summed E-state index contributed by atoms with van der Waals surface area (Å²) in [6, 6.07) is 0. The quantitative estimate of drug-likeness (QED) is 0.346. The number of hydrogen-bond acceptors (Lipinski definition) is 5. The van der Waals surface area contributed by atoms with Gasteiger partial charge in [0.1, 0.15) is 12.2 Å². The highest BCUT2D eigenvalue weighted by atomic mass is 16.6. The molecule has 0 amide bonds. The Kier molecular flexibility index (Phi) is 2.80. The molecule has 65 valence electrons. The highest BCUT2D eigenvalue weighted by molar-refractivity contribution is 4.94. The van der Waals surface area contributed by atoms with Crippen LogP contribution in [0.25, 0.3) is 0 Å². The zero-order valence-corrected chi connectivity index (χ0v) is 5.79. The molecule has 4 N–H and O–H groups in total. The summed E-state index contributed by atoms with van der Waals surface area (Å²) in [5.41, 5.74) is 0. The summed E-state index contributed by atoms with van der Waals surface area (Å²) in [6.45, 7) is -0.387. The summed E-state index contributed by atoms with van der Waals surface area (Å²) < 4.78 is 4.63. The Bertz CT molecular complexity index is 128. The van der Waals surface area contributed by atoms with E-state index < -0.39 is 24.6 Å². The van der Waals surface area contributed by atoms with E-state index in [1.165, 1.54) is 0 Å². The van der Waals surface area contributed by atoms with Crippen molar-refractivity contribution in [3.05, 3.63) is 6.42 Å². The fourth-order valence-corrected chi connectivity index (χ4v) is 0.912. The van der Waals surface area contributed by atoms with Crippen molar-refractivity contribution < 1.29 is 25.2 Å². The molecule has 5 nitrogen and oxygen atoms in total. The molecule has 1 rings (SSSR count). The van der Waals surface area contributed by atoms with Gasteiger partial charge in [0, 0.05) is 6.42 Å². The molecule has 1 aliphatic rings. The van der Waals surface area contributed by atoms with Gasteiger partial charge in [0.15, 0.2) is 6.29 Å². The lowest BCUT2D eigenvalue weighted by Gasteiger charge is -2.33. The van der Waals surface area contributed by atoms with E-state index in [0.717, 1.165) is 6.42 Å². The molecule has 0 saturated carbocycles. The van der Waals surface area contributed by atoms with E-state index in [2.05, 4.69) is 4.74 Å². The lowest BCUT2D eigenvalue weighted by atomic mass is 10.0. The van der Waals surface area contributed by atoms with Crippen molar-refractivity contribution in [2.75, 3.05) is 6.61 Å². The Hall–Kier alpha value is -0.200. The summed E-state index contributed by atoms with van der Waals surface area (Å²) in [6.07, 6.45) is -3.29. The SMILES string of the molecule is OCC1OC(O)C(O)[CH][C@H]1O. The zero-order chi connectivity index (χ0) is 8.43. The van der Waals surface area contributed by atoms with Crippen molar-refractivity contribution in [3.8, 4) is 0 Å². The van der Waals surface area contributed by atoms with E-state index in [4.69, 9.17) is 20.4 Å². The predicted molar refractivity (Wildman–Crippen MR) is 34.3 cm³/mol. The molecule has 3 unspecified atom stereocenters. The first-order valence-corrected chi connectivity index (χ1v) is 3.30. The number of ether oxygens (including phenoxy) is 1. The van der Waals surface area contributed by atoms with E-state index in [9.17, 15) is 0 Å². The fourth-order valence-electron chi connectivity index (χ4n) is 0.912. The average Bonchev–Trinajstić information content (AvgIpc) is 1.97. The van der Waals surface area contributed by atoms with E-state index in [1.807, 2.05) is 0 Å². The van der Waals surface area contributed by atoms with Gasteiger partial charge in [0.25, 0.3) is 0 Å². The van der Waals surface area contributed by atoms with Crippen molar-refractivity contribution in [3.63, 3.8) is 0 Å². The molecular formula is C6H11O5. The standard InChI is InChI=1S/C6H11O5/c7-2-5-3(8)1-4(9)6(10)11-5/h1,3-10H,2H2/t3-,4?,5?,6?/m1/s1. The van der Waals surface area contributed by atoms with Crippen LogP contribution in [0.1, 0.15) is 0 Å². The van der Waals surface area contributed by atoms with Crippen LogP contribution in [0.15, 0.2) is 0 Å². The second-order valence-corrected chi connectivity index (χ2v) is 2.42. The number of aliphatic hydroxyl groups excluding tert-OH is 4. The molecule has 1 radical (unpaired) electrons. The molecule has 0 bridgehead atoms. The number of rotatable bonds is 1. The van der Waals surface area contributed by atoms with Gasteiger partial charge in [0.2, 0.25) is 0 Å². The molecular weight excluding hydrogens is 152 g/mol. The fraction of sp³-hybridized carbons (Fsp3) is 0.833. The van der Waals surface area contributed by atoms with Crippen molar-refractivity contribution >= 4 is 0 Å². The Labute approximate surface area is 63.8 Å². The molecule has 1 aliphatic heterocycles. The van der Waals surface area contributed by atoms with Gasteiger partial charge in [-0.3, -0.25) is 0 Å². The van der Waals surface area contributed by atoms with Crippen molar-refractivity contribution in [2.45, 2.75) is 24.6 Å². The second-order valence-electron chi connectivity index (χ2n) is 2.42. The Balaban J connectivity index is 2.48. The third kappa shape index (κ3) is 1.88. The second kappa shape index (κ2) is 3.46. The van der Waals surface area contributed by atoms with Crippen LogP contribution >= 0.6 is 0 Å². The van der Waals surface area contributed by atoms with Gasteiger partial charge in [-0.15, -0.1) is 0 Å². The minimum Gasteiger partial charge on any atom is -0.394 e. The molecule has 4 atom stereocenters. The predicted octanol–water partition coefficient (Wildman–Crippen LogP) is -2.38. The summed E-state index contributed by atoms with van der Waals surface area (Å²) in [7, 11) is 0. The van der Waals surface area contributed by atoms with Gasteiger partial charge in [-0.1, -0.05) is 0 Å². The van der Waals surface area contributed by atoms with E-state index in [1.54, 1.807) is 0 Å². The van der Waals surface area contributed by atoms with E-state index in [-0.39, 0.29) is 6.61 Å². The maximum absolute atomic E-state index is 9.05. The van der Waals surface area contributed by atoms with E-state index >= 15 is 0 Å². The van der Waals surface area contributed by atoms with E-state index in [0.29, 0.717) is 0 Å². The van der Waals surface area contributed by atoms with Gasteiger partial charge >= 0.3 is 0 Å². The molecule has 11 heavy (non-hydrogen) atoms. The lowest BCUT2D eigenvalue weighted by Crippen LogP contribution is -2.49. The molecule has 0 aliphatic carbocycles. The lowest BCUT2D eigenvalue weighted by molar-refractivity contribution is -0.231. The Morgan fingerprint density at radius 2 is 1.82 bits per heavy atom. The van der Waals surface area contributed by atoms with Crippen LogP contribution in [0.2, 0.25) is 0 Å². The molecule has 0 spiro atoms. The molecule has 0 aromatic heterocycles. The maximum atomic E-state index is 9.05. The first-order valence-electron chi connectivity index (χ1n) is 3.30. The van der Waals surface area contributed by atoms with Crippen molar-refractivity contribution in [1.29, 1.82) is 0 Å². The van der Waals surface area contributed by atoms with Crippen LogP contribution in [0, 0.1) is 6.42 Å². The highest BCUT2D eigenvalue weighted by Crippen LogP contribution is 2.17. The molecule has 0 aromatic carbocycles. The Morgan fingerprint density at radius 1 is 1.18 bits per heavy atom. The Morgan fingerprint density at radius 3 is 2.36 bits per heavy atom. The van der Waals surface area contributed by atoms with Gasteiger partial charge in [0.05, 0.1) is 12.7 Å². The summed E-state index contributed by atoms with van der Waals surface area (Å²) in [5, 5.41) is 35.4. The summed E-state index contributed by atoms with van der Waals surface area (Å²) >= 11 is 0. The minimum atomic E-state index is -1.35. The first-order chi connectivity index (χ1) is 5.15. The third-order valence-electron chi connectivity index (χ3n) is 1.56. The third-order valence-corrected chi connectivity index (χ3v) is 1.56. The van der Waals surface area contributed by atoms with Gasteiger partial charge in [-0.25, -0.2) is 0 Å². The monoisotopic (exact) mass is 163 g/mol. The van der Waals surface area contributed by atoms with Gasteiger partial charge in [-0.05, 0) is 0 Å². The van der Waals surface area contributed by atoms with Crippen LogP contribution < -0.4 is 0 Å². The largest absolute Gasteiger partial charge is 0.394 e. The molecule has 1 fully saturated rings. The number of aliphatic hydroxyl groups is 4. The van der Waals surface area contributed by atoms with Crippen molar-refractivity contribution in [1.82, 2.24) is 0 Å². The van der Waals surface area contributed by atoms with Crippen LogP contribution in [-0.2, 0) is 4.74 Å². The van der Waals surface area contributed by atoms with Gasteiger partial charge in [-0.2, -0.15) is 0 Å². The average molecular weight is 163 g/mol. The van der Waals surface area contributed by atoms with Crippen LogP contribution in [0.4, 0.5) is 0 Å². The number of hydrogen-bond donors (Lipinski definition) is 4. The normalized spacial score (nSPS) is 45.8. The van der Waals surface area contributed by atoms with Crippen molar-refractivity contribution in [2.24, 2.45) is 0 Å². The van der Waals surface area contributed by atoms with Gasteiger partial charge < -0.3 is 25.2 Å². The summed E-state index contributed by atoms with van der Waals surface area (Å²) in [4.78, 5) is 0. The summed E-state index contributed by atoms with van der Waals surface area (Å²) in [5.74, 6) is 0.